The number of alkyl halides is 3. The molecule has 0 radical (unpaired) electrons. The number of carbonyl (C=O) groups is 1. The lowest BCUT2D eigenvalue weighted by atomic mass is 10.2. The average Bonchev–Trinajstić information content (AvgIpc) is 2.76. The molecule has 0 unspecified atom stereocenters. The van der Waals surface area contributed by atoms with Crippen LogP contribution in [0.3, 0.4) is 0 Å². The van der Waals surface area contributed by atoms with Crippen LogP contribution in [0.25, 0.3) is 0 Å². The van der Waals surface area contributed by atoms with Crippen molar-refractivity contribution < 1.29 is 22.4 Å². The summed E-state index contributed by atoms with van der Waals surface area (Å²) >= 11 is 4.28. The van der Waals surface area contributed by atoms with Gasteiger partial charge in [0.2, 0.25) is 0 Å². The number of anilines is 1. The van der Waals surface area contributed by atoms with E-state index in [9.17, 15) is 22.4 Å². The fourth-order valence-electron chi connectivity index (χ4n) is 1.46. The molecule has 1 heterocycles. The Morgan fingerprint density at radius 3 is 2.50 bits per heavy atom. The highest BCUT2D eigenvalue weighted by molar-refractivity contribution is 9.10. The van der Waals surface area contributed by atoms with Crippen molar-refractivity contribution >= 4 is 38.9 Å². The van der Waals surface area contributed by atoms with E-state index in [4.69, 9.17) is 0 Å². The second kappa shape index (κ2) is 5.53. The Morgan fingerprint density at radius 2 is 1.95 bits per heavy atom. The summed E-state index contributed by atoms with van der Waals surface area (Å²) in [4.78, 5) is 12.2. The summed E-state index contributed by atoms with van der Waals surface area (Å²) in [5.41, 5.74) is -1.54. The van der Waals surface area contributed by atoms with Crippen LogP contribution in [-0.4, -0.2) is 5.91 Å². The van der Waals surface area contributed by atoms with Gasteiger partial charge in [-0.2, -0.15) is 13.2 Å². The van der Waals surface area contributed by atoms with Crippen molar-refractivity contribution in [2.45, 2.75) is 6.18 Å². The van der Waals surface area contributed by atoms with E-state index >= 15 is 0 Å². The Morgan fingerprint density at radius 1 is 1.25 bits per heavy atom. The molecule has 0 spiro atoms. The lowest BCUT2D eigenvalue weighted by Crippen LogP contribution is -2.13. The maximum absolute atomic E-state index is 13.1. The van der Waals surface area contributed by atoms with Crippen molar-refractivity contribution in [2.75, 3.05) is 5.32 Å². The first-order chi connectivity index (χ1) is 9.29. The third-order valence-electron chi connectivity index (χ3n) is 2.35. The van der Waals surface area contributed by atoms with E-state index < -0.39 is 23.5 Å². The van der Waals surface area contributed by atoms with Crippen molar-refractivity contribution in [3.63, 3.8) is 0 Å². The third-order valence-corrected chi connectivity index (χ3v) is 4.19. The molecular formula is C12H6BrF4NOS. The quantitative estimate of drug-likeness (QED) is 0.749. The molecule has 0 fully saturated rings. The summed E-state index contributed by atoms with van der Waals surface area (Å²) in [5.74, 6) is -1.94. The number of rotatable bonds is 2. The van der Waals surface area contributed by atoms with Gasteiger partial charge >= 0.3 is 6.18 Å². The molecule has 0 saturated carbocycles. The van der Waals surface area contributed by atoms with Crippen LogP contribution in [-0.2, 0) is 6.18 Å². The lowest BCUT2D eigenvalue weighted by Gasteiger charge is -2.10. The molecule has 0 aliphatic heterocycles. The Hall–Kier alpha value is -1.41. The summed E-state index contributed by atoms with van der Waals surface area (Å²) < 4.78 is 51.3. The molecule has 0 bridgehead atoms. The monoisotopic (exact) mass is 367 g/mol. The first-order valence-electron chi connectivity index (χ1n) is 5.20. The van der Waals surface area contributed by atoms with Crippen molar-refractivity contribution in [3.8, 4) is 0 Å². The molecule has 20 heavy (non-hydrogen) atoms. The van der Waals surface area contributed by atoms with Gasteiger partial charge in [0.15, 0.2) is 0 Å². The fourth-order valence-corrected chi connectivity index (χ4v) is 2.91. The van der Waals surface area contributed by atoms with Crippen LogP contribution in [0.4, 0.5) is 23.2 Å². The van der Waals surface area contributed by atoms with Gasteiger partial charge in [-0.15, -0.1) is 11.3 Å². The van der Waals surface area contributed by atoms with Crippen molar-refractivity contribution in [1.29, 1.82) is 0 Å². The highest BCUT2D eigenvalue weighted by Crippen LogP contribution is 2.33. The minimum Gasteiger partial charge on any atom is -0.321 e. The number of hydrogen-bond donors (Lipinski definition) is 1. The Kier molecular flexibility index (Phi) is 4.14. The summed E-state index contributed by atoms with van der Waals surface area (Å²) in [7, 11) is 0. The highest BCUT2D eigenvalue weighted by Gasteiger charge is 2.34. The van der Waals surface area contributed by atoms with Gasteiger partial charge in [-0.25, -0.2) is 4.39 Å². The number of carbonyl (C=O) groups excluding carboxylic acids is 1. The van der Waals surface area contributed by atoms with Crippen molar-refractivity contribution in [2.24, 2.45) is 0 Å². The summed E-state index contributed by atoms with van der Waals surface area (Å²) in [6.45, 7) is 0. The second-order valence-electron chi connectivity index (χ2n) is 3.74. The molecule has 106 valence electrons. The van der Waals surface area contributed by atoms with E-state index in [1.54, 1.807) is 11.4 Å². The summed E-state index contributed by atoms with van der Waals surface area (Å²) in [5, 5.41) is 3.96. The normalized spacial score (nSPS) is 11.4. The van der Waals surface area contributed by atoms with E-state index in [1.807, 2.05) is 0 Å². The molecule has 2 nitrogen and oxygen atoms in total. The van der Waals surface area contributed by atoms with Gasteiger partial charge in [0.1, 0.15) is 10.7 Å². The van der Waals surface area contributed by atoms with Gasteiger partial charge in [-0.05, 0) is 45.6 Å². The van der Waals surface area contributed by atoms with Crippen molar-refractivity contribution in [1.82, 2.24) is 0 Å². The van der Waals surface area contributed by atoms with E-state index in [2.05, 4.69) is 21.2 Å². The molecule has 1 aromatic heterocycles. The first kappa shape index (κ1) is 15.0. The molecule has 8 heteroatoms. The smallest absolute Gasteiger partial charge is 0.321 e. The molecule has 0 aliphatic rings. The summed E-state index contributed by atoms with van der Waals surface area (Å²) in [6, 6.07) is 3.95. The zero-order chi connectivity index (χ0) is 14.9. The topological polar surface area (TPSA) is 29.1 Å². The first-order valence-corrected chi connectivity index (χ1v) is 6.87. The molecule has 0 aliphatic carbocycles. The predicted molar refractivity (Wildman–Crippen MR) is 71.4 cm³/mol. The van der Waals surface area contributed by atoms with Crippen LogP contribution in [0, 0.1) is 5.82 Å². The molecule has 1 aromatic carbocycles. The molecular weight excluding hydrogens is 362 g/mol. The minimum absolute atomic E-state index is 0.121. The molecule has 2 aromatic rings. The molecule has 0 atom stereocenters. The van der Waals surface area contributed by atoms with Crippen LogP contribution in [0.1, 0.15) is 15.2 Å². The number of hydrogen-bond acceptors (Lipinski definition) is 2. The predicted octanol–water partition coefficient (Wildman–Crippen LogP) is 4.92. The zero-order valence-corrected chi connectivity index (χ0v) is 12.0. The number of amides is 1. The fraction of sp³-hybridized carbons (Fsp3) is 0.0833. The van der Waals surface area contributed by atoms with Crippen LogP contribution in [0.15, 0.2) is 34.1 Å². The lowest BCUT2D eigenvalue weighted by molar-refractivity contribution is -0.139. The minimum atomic E-state index is -4.81. The number of thiophene rings is 1. The maximum atomic E-state index is 13.1. The van der Waals surface area contributed by atoms with Crippen molar-refractivity contribution in [3.05, 3.63) is 50.4 Å². The van der Waals surface area contributed by atoms with E-state index in [1.165, 1.54) is 0 Å². The molecule has 1 amide bonds. The SMILES string of the molecule is O=C(Nc1ccc(F)c(C(F)(F)F)c1)c1sccc1Br. The van der Waals surface area contributed by atoms with Gasteiger partial charge in [-0.1, -0.05) is 0 Å². The average molecular weight is 368 g/mol. The Balaban J connectivity index is 2.27. The summed E-state index contributed by atoms with van der Waals surface area (Å²) in [6.07, 6.45) is -4.81. The number of benzene rings is 1. The molecule has 2 rings (SSSR count). The van der Waals surface area contributed by atoms with Gasteiger partial charge < -0.3 is 5.32 Å². The van der Waals surface area contributed by atoms with Gasteiger partial charge in [0.05, 0.1) is 5.56 Å². The number of nitrogens with one attached hydrogen (secondary N) is 1. The van der Waals surface area contributed by atoms with Gasteiger partial charge in [-0.3, -0.25) is 4.79 Å². The standard InChI is InChI=1S/C12H6BrF4NOS/c13-8-3-4-20-10(8)11(19)18-6-1-2-9(14)7(5-6)12(15,16)17/h1-5H,(H,18,19). The van der Waals surface area contributed by atoms with E-state index in [0.717, 1.165) is 17.4 Å². The Labute approximate surface area is 123 Å². The van der Waals surface area contributed by atoms with Crippen LogP contribution >= 0.6 is 27.3 Å². The van der Waals surface area contributed by atoms with E-state index in [-0.39, 0.29) is 5.69 Å². The third kappa shape index (κ3) is 3.18. The molecule has 0 saturated heterocycles. The van der Waals surface area contributed by atoms with E-state index in [0.29, 0.717) is 21.5 Å². The highest BCUT2D eigenvalue weighted by atomic mass is 79.9. The van der Waals surface area contributed by atoms with Gasteiger partial charge in [0, 0.05) is 10.2 Å². The molecule has 1 N–H and O–H groups in total. The largest absolute Gasteiger partial charge is 0.419 e. The van der Waals surface area contributed by atoms with Crippen LogP contribution in [0.5, 0.6) is 0 Å². The maximum Gasteiger partial charge on any atom is 0.419 e. The van der Waals surface area contributed by atoms with Gasteiger partial charge in [0.25, 0.3) is 5.91 Å². The number of halogens is 5. The Bertz CT molecular complexity index is 653. The van der Waals surface area contributed by atoms with Crippen LogP contribution in [0.2, 0.25) is 0 Å². The van der Waals surface area contributed by atoms with Crippen LogP contribution < -0.4 is 5.32 Å². The second-order valence-corrected chi connectivity index (χ2v) is 5.51. The zero-order valence-electron chi connectivity index (χ0n) is 9.59.